The topological polar surface area (TPSA) is 71.1 Å². The van der Waals surface area contributed by atoms with Crippen LogP contribution in [0.5, 0.6) is 5.75 Å². The van der Waals surface area contributed by atoms with E-state index in [2.05, 4.69) is 51.0 Å². The maximum absolute atomic E-state index is 10.9. The standard InChI is InChI=1S/C25H24N4O2/c1-17-5-7-22-23(13-17)28-25(27-22)19-6-8-24(26-15-19)29-11-9-20(10-12-29)31-21-4-2-3-18(14-21)16-30/h2-8,13-16,20H,9-12H2,1H3,(H,27,28). The van der Waals surface area contributed by atoms with Gasteiger partial charge in [-0.05, 0) is 48.9 Å². The van der Waals surface area contributed by atoms with Crippen LogP contribution in [-0.2, 0) is 0 Å². The van der Waals surface area contributed by atoms with Crippen molar-refractivity contribution < 1.29 is 9.53 Å². The first-order valence-corrected chi connectivity index (χ1v) is 10.6. The number of anilines is 1. The van der Waals surface area contributed by atoms with Gasteiger partial charge in [-0.1, -0.05) is 18.2 Å². The first-order chi connectivity index (χ1) is 15.2. The van der Waals surface area contributed by atoms with Gasteiger partial charge in [0.1, 0.15) is 29.8 Å². The number of pyridine rings is 1. The van der Waals surface area contributed by atoms with Crippen LogP contribution < -0.4 is 9.64 Å². The van der Waals surface area contributed by atoms with Gasteiger partial charge in [-0.3, -0.25) is 4.79 Å². The number of aryl methyl sites for hydroxylation is 1. The zero-order chi connectivity index (χ0) is 21.2. The molecule has 0 radical (unpaired) electrons. The zero-order valence-electron chi connectivity index (χ0n) is 17.4. The number of aromatic nitrogens is 3. The molecule has 2 aromatic carbocycles. The van der Waals surface area contributed by atoms with Crippen LogP contribution >= 0.6 is 0 Å². The summed E-state index contributed by atoms with van der Waals surface area (Å²) in [6.45, 7) is 3.84. The number of imidazole rings is 1. The highest BCUT2D eigenvalue weighted by Gasteiger charge is 2.21. The number of rotatable bonds is 5. The van der Waals surface area contributed by atoms with Gasteiger partial charge < -0.3 is 14.6 Å². The highest BCUT2D eigenvalue weighted by Crippen LogP contribution is 2.25. The molecule has 0 unspecified atom stereocenters. The van der Waals surface area contributed by atoms with Crippen LogP contribution in [0, 0.1) is 6.92 Å². The summed E-state index contributed by atoms with van der Waals surface area (Å²) in [6.07, 6.45) is 4.70. The summed E-state index contributed by atoms with van der Waals surface area (Å²) in [6, 6.07) is 17.7. The molecule has 156 valence electrons. The van der Waals surface area contributed by atoms with Crippen LogP contribution in [0.4, 0.5) is 5.82 Å². The zero-order valence-corrected chi connectivity index (χ0v) is 17.4. The van der Waals surface area contributed by atoms with Gasteiger partial charge in [-0.25, -0.2) is 9.97 Å². The molecule has 0 aliphatic carbocycles. The number of nitrogens with one attached hydrogen (secondary N) is 1. The maximum Gasteiger partial charge on any atom is 0.150 e. The van der Waals surface area contributed by atoms with Gasteiger partial charge in [0.15, 0.2) is 0 Å². The van der Waals surface area contributed by atoms with Gasteiger partial charge in [0.25, 0.3) is 0 Å². The maximum atomic E-state index is 10.9. The van der Waals surface area contributed by atoms with Gasteiger partial charge in [0, 0.05) is 43.3 Å². The van der Waals surface area contributed by atoms with Crippen LogP contribution in [0.3, 0.4) is 0 Å². The smallest absolute Gasteiger partial charge is 0.150 e. The van der Waals surface area contributed by atoms with Crippen LogP contribution in [0.15, 0.2) is 60.8 Å². The molecular weight excluding hydrogens is 388 g/mol. The van der Waals surface area contributed by atoms with Gasteiger partial charge in [0.05, 0.1) is 11.0 Å². The highest BCUT2D eigenvalue weighted by molar-refractivity contribution is 5.80. The molecule has 0 bridgehead atoms. The SMILES string of the molecule is Cc1ccc2nc(-c3ccc(N4CCC(Oc5cccc(C=O)c5)CC4)nc3)[nH]c2c1. The number of aromatic amines is 1. The van der Waals surface area contributed by atoms with Crippen molar-refractivity contribution in [3.8, 4) is 17.1 Å². The molecular formula is C25H24N4O2. The summed E-state index contributed by atoms with van der Waals surface area (Å²) >= 11 is 0. The summed E-state index contributed by atoms with van der Waals surface area (Å²) in [4.78, 5) is 26.0. The minimum Gasteiger partial charge on any atom is -0.490 e. The summed E-state index contributed by atoms with van der Waals surface area (Å²) < 4.78 is 6.08. The van der Waals surface area contributed by atoms with E-state index in [4.69, 9.17) is 4.74 Å². The van der Waals surface area contributed by atoms with Crippen molar-refractivity contribution >= 4 is 23.1 Å². The van der Waals surface area contributed by atoms with Crippen LogP contribution in [0.2, 0.25) is 0 Å². The molecule has 6 nitrogen and oxygen atoms in total. The third kappa shape index (κ3) is 4.14. The van der Waals surface area contributed by atoms with Crippen molar-refractivity contribution in [1.82, 2.24) is 15.0 Å². The second kappa shape index (κ2) is 8.22. The number of carbonyl (C=O) groups is 1. The normalized spacial score (nSPS) is 14.7. The molecule has 0 spiro atoms. The Labute approximate surface area is 180 Å². The molecule has 5 rings (SSSR count). The van der Waals surface area contributed by atoms with E-state index in [0.717, 1.165) is 66.2 Å². The van der Waals surface area contributed by atoms with E-state index in [-0.39, 0.29) is 6.10 Å². The van der Waals surface area contributed by atoms with Gasteiger partial charge >= 0.3 is 0 Å². The van der Waals surface area contributed by atoms with E-state index >= 15 is 0 Å². The van der Waals surface area contributed by atoms with E-state index in [1.165, 1.54) is 5.56 Å². The molecule has 1 aliphatic heterocycles. The number of H-pyrrole nitrogens is 1. The molecule has 1 fully saturated rings. The number of ether oxygens (including phenoxy) is 1. The van der Waals surface area contributed by atoms with E-state index in [1.54, 1.807) is 12.1 Å². The van der Waals surface area contributed by atoms with Crippen LogP contribution in [0.1, 0.15) is 28.8 Å². The third-order valence-corrected chi connectivity index (χ3v) is 5.72. The van der Waals surface area contributed by atoms with Crippen molar-refractivity contribution in [2.24, 2.45) is 0 Å². The highest BCUT2D eigenvalue weighted by atomic mass is 16.5. The van der Waals surface area contributed by atoms with Crippen LogP contribution in [-0.4, -0.2) is 40.4 Å². The van der Waals surface area contributed by atoms with Crippen LogP contribution in [0.25, 0.3) is 22.4 Å². The summed E-state index contributed by atoms with van der Waals surface area (Å²) in [5.74, 6) is 2.56. The fraction of sp³-hybridized carbons (Fsp3) is 0.240. The number of nitrogens with zero attached hydrogens (tertiary/aromatic N) is 3. The lowest BCUT2D eigenvalue weighted by atomic mass is 10.1. The van der Waals surface area contributed by atoms with Gasteiger partial charge in [-0.2, -0.15) is 0 Å². The number of aldehydes is 1. The second-order valence-electron chi connectivity index (χ2n) is 8.01. The molecule has 1 N–H and O–H groups in total. The second-order valence-corrected chi connectivity index (χ2v) is 8.01. The van der Waals surface area contributed by atoms with Crippen molar-refractivity contribution in [1.29, 1.82) is 0 Å². The van der Waals surface area contributed by atoms with Crippen molar-refractivity contribution in [2.75, 3.05) is 18.0 Å². The Balaban J connectivity index is 1.23. The molecule has 2 aromatic heterocycles. The molecule has 6 heteroatoms. The Morgan fingerprint density at radius 2 is 1.97 bits per heavy atom. The minimum absolute atomic E-state index is 0.149. The lowest BCUT2D eigenvalue weighted by molar-refractivity contribution is 0.112. The van der Waals surface area contributed by atoms with Gasteiger partial charge in [0.2, 0.25) is 0 Å². The average Bonchev–Trinajstić information content (AvgIpc) is 3.23. The number of fused-ring (bicyclic) bond motifs is 1. The van der Waals surface area contributed by atoms with E-state index in [1.807, 2.05) is 24.4 Å². The van der Waals surface area contributed by atoms with Crippen molar-refractivity contribution in [3.05, 3.63) is 71.9 Å². The first kappa shape index (κ1) is 19.3. The number of carbonyl (C=O) groups excluding carboxylic acids is 1. The number of hydrogen-bond acceptors (Lipinski definition) is 5. The average molecular weight is 412 g/mol. The largest absolute Gasteiger partial charge is 0.490 e. The monoisotopic (exact) mass is 412 g/mol. The van der Waals surface area contributed by atoms with E-state index < -0.39 is 0 Å². The molecule has 1 saturated heterocycles. The molecule has 0 amide bonds. The first-order valence-electron chi connectivity index (χ1n) is 10.6. The summed E-state index contributed by atoms with van der Waals surface area (Å²) in [7, 11) is 0. The number of benzene rings is 2. The predicted octanol–water partition coefficient (Wildman–Crippen LogP) is 4.79. The Bertz CT molecular complexity index is 1210. The number of hydrogen-bond donors (Lipinski definition) is 1. The van der Waals surface area contributed by atoms with Crippen molar-refractivity contribution in [3.63, 3.8) is 0 Å². The number of piperidine rings is 1. The van der Waals surface area contributed by atoms with Gasteiger partial charge in [-0.15, -0.1) is 0 Å². The fourth-order valence-electron chi connectivity index (χ4n) is 4.03. The Morgan fingerprint density at radius 1 is 1.10 bits per heavy atom. The fourth-order valence-corrected chi connectivity index (χ4v) is 4.03. The quantitative estimate of drug-likeness (QED) is 0.477. The Morgan fingerprint density at radius 3 is 2.74 bits per heavy atom. The predicted molar refractivity (Wildman–Crippen MR) is 122 cm³/mol. The molecule has 3 heterocycles. The molecule has 31 heavy (non-hydrogen) atoms. The van der Waals surface area contributed by atoms with E-state index in [9.17, 15) is 4.79 Å². The molecule has 0 saturated carbocycles. The Kier molecular flexibility index (Phi) is 5.12. The minimum atomic E-state index is 0.149. The lowest BCUT2D eigenvalue weighted by Gasteiger charge is -2.33. The van der Waals surface area contributed by atoms with E-state index in [0.29, 0.717) is 5.56 Å². The van der Waals surface area contributed by atoms with Crippen molar-refractivity contribution in [2.45, 2.75) is 25.9 Å². The lowest BCUT2D eigenvalue weighted by Crippen LogP contribution is -2.38. The molecule has 1 aliphatic rings. The third-order valence-electron chi connectivity index (χ3n) is 5.72. The molecule has 0 atom stereocenters. The summed E-state index contributed by atoms with van der Waals surface area (Å²) in [5.41, 5.74) is 4.83. The Hall–Kier alpha value is -3.67. The molecule has 4 aromatic rings. The summed E-state index contributed by atoms with van der Waals surface area (Å²) in [5, 5.41) is 0.